The number of rotatable bonds is 69. The molecule has 0 aromatic carbocycles. The Kier molecular flexibility index (Phi) is 66.8. The van der Waals surface area contributed by atoms with E-state index in [1.54, 1.807) is 6.08 Å². The lowest BCUT2D eigenvalue weighted by Gasteiger charge is -2.25. The van der Waals surface area contributed by atoms with Gasteiger partial charge in [-0.05, 0) is 83.5 Å². The second-order valence-corrected chi connectivity index (χ2v) is 28.1. The molecule has 0 aromatic rings. The predicted octanol–water partition coefficient (Wildman–Crippen LogP) is 24.4. The highest BCUT2D eigenvalue weighted by Crippen LogP contribution is 2.43. The molecule has 0 heterocycles. The molecule has 512 valence electrons. The van der Waals surface area contributed by atoms with Crippen LogP contribution in [0.3, 0.4) is 0 Å². The highest BCUT2D eigenvalue weighted by atomic mass is 31.2. The fourth-order valence-electron chi connectivity index (χ4n) is 11.0. The molecule has 3 N–H and O–H groups in total. The number of amides is 1. The minimum Gasteiger partial charge on any atom is -0.387 e. The average molecular weight is 1250 g/mol. The van der Waals surface area contributed by atoms with E-state index in [-0.39, 0.29) is 19.1 Å². The van der Waals surface area contributed by atoms with Crippen molar-refractivity contribution in [2.45, 2.75) is 360 Å². The van der Waals surface area contributed by atoms with Crippen LogP contribution in [-0.2, 0) is 18.4 Å². The van der Waals surface area contributed by atoms with Crippen LogP contribution in [0.4, 0.5) is 0 Å². The summed E-state index contributed by atoms with van der Waals surface area (Å²) in [4.78, 5) is 23.5. The molecule has 0 fully saturated rings. The Bertz CT molecular complexity index is 1760. The zero-order valence-corrected chi connectivity index (χ0v) is 59.6. The summed E-state index contributed by atoms with van der Waals surface area (Å²) in [6.07, 6.45) is 100. The van der Waals surface area contributed by atoms with E-state index in [4.69, 9.17) is 9.05 Å². The number of hydrogen-bond donors (Lipinski definition) is 3. The van der Waals surface area contributed by atoms with Crippen molar-refractivity contribution in [1.82, 2.24) is 5.32 Å². The van der Waals surface area contributed by atoms with Crippen molar-refractivity contribution in [1.29, 1.82) is 0 Å². The monoisotopic (exact) mass is 1250 g/mol. The molecular weight excluding hydrogens is 1100 g/mol. The molecule has 0 radical (unpaired) electrons. The molecule has 0 aromatic heterocycles. The molecular formula is C79H146N2O6P+. The summed E-state index contributed by atoms with van der Waals surface area (Å²) in [5.74, 6) is -0.183. The van der Waals surface area contributed by atoms with Gasteiger partial charge < -0.3 is 19.8 Å². The summed E-state index contributed by atoms with van der Waals surface area (Å²) in [6, 6.07) is -0.868. The first-order chi connectivity index (χ1) is 43.0. The van der Waals surface area contributed by atoms with E-state index >= 15 is 0 Å². The van der Waals surface area contributed by atoms with Crippen molar-refractivity contribution in [2.24, 2.45) is 0 Å². The lowest BCUT2D eigenvalue weighted by Crippen LogP contribution is -2.45. The average Bonchev–Trinajstić information content (AvgIpc) is 3.70. The van der Waals surface area contributed by atoms with Gasteiger partial charge in [0.05, 0.1) is 39.9 Å². The van der Waals surface area contributed by atoms with E-state index in [0.29, 0.717) is 17.4 Å². The first-order valence-corrected chi connectivity index (χ1v) is 39.1. The van der Waals surface area contributed by atoms with Crippen molar-refractivity contribution >= 4 is 13.7 Å². The molecule has 3 unspecified atom stereocenters. The first kappa shape index (κ1) is 85.4. The number of unbranched alkanes of at least 4 members (excludes halogenated alkanes) is 42. The van der Waals surface area contributed by atoms with Crippen molar-refractivity contribution in [3.8, 4) is 0 Å². The second-order valence-electron chi connectivity index (χ2n) is 26.6. The lowest BCUT2D eigenvalue weighted by atomic mass is 10.0. The Balaban J connectivity index is 4.02. The van der Waals surface area contributed by atoms with E-state index in [1.165, 1.54) is 250 Å². The maximum Gasteiger partial charge on any atom is 0.472 e. The van der Waals surface area contributed by atoms with E-state index in [0.717, 1.165) is 77.0 Å². The fourth-order valence-corrected chi connectivity index (χ4v) is 11.7. The lowest BCUT2D eigenvalue weighted by molar-refractivity contribution is -0.870. The van der Waals surface area contributed by atoms with Gasteiger partial charge in [-0.2, -0.15) is 0 Å². The van der Waals surface area contributed by atoms with Crippen LogP contribution in [0.2, 0.25) is 0 Å². The number of hydrogen-bond acceptors (Lipinski definition) is 5. The van der Waals surface area contributed by atoms with Gasteiger partial charge in [-0.3, -0.25) is 13.8 Å². The Labute approximate surface area is 547 Å². The van der Waals surface area contributed by atoms with Crippen LogP contribution >= 0.6 is 7.82 Å². The van der Waals surface area contributed by atoms with Gasteiger partial charge in [0.1, 0.15) is 13.2 Å². The third-order valence-electron chi connectivity index (χ3n) is 16.8. The zero-order valence-electron chi connectivity index (χ0n) is 58.7. The van der Waals surface area contributed by atoms with Crippen molar-refractivity contribution in [2.75, 3.05) is 40.9 Å². The van der Waals surface area contributed by atoms with Crippen molar-refractivity contribution in [3.63, 3.8) is 0 Å². The number of aliphatic hydroxyl groups excluding tert-OH is 1. The topological polar surface area (TPSA) is 105 Å². The maximum absolute atomic E-state index is 13.1. The summed E-state index contributed by atoms with van der Waals surface area (Å²) in [5.41, 5.74) is 0. The number of nitrogens with one attached hydrogen (secondary N) is 1. The van der Waals surface area contributed by atoms with Crippen LogP contribution in [0.15, 0.2) is 97.2 Å². The Morgan fingerprint density at radius 1 is 0.398 bits per heavy atom. The summed E-state index contributed by atoms with van der Waals surface area (Å²) in [7, 11) is 1.56. The molecule has 0 saturated carbocycles. The SMILES string of the molecule is CC/C=C\C/C=C\C/C=C\C/C=C\C/C=C\C/C=C\CCCCCCCCCCCCCCCCCCCCCCC(=O)NC(COP(=O)(O)OCC[N+](C)(C)C)C(O)/C=C/CC/C=C/CCCCCCCCCCCCCCCCCCCCCCC. The maximum atomic E-state index is 13.1. The number of aliphatic hydroxyl groups is 1. The molecule has 8 nitrogen and oxygen atoms in total. The summed E-state index contributed by atoms with van der Waals surface area (Å²) in [6.45, 7) is 4.72. The Morgan fingerprint density at radius 2 is 0.693 bits per heavy atom. The summed E-state index contributed by atoms with van der Waals surface area (Å²) in [5, 5.41) is 14.0. The van der Waals surface area contributed by atoms with Gasteiger partial charge in [0, 0.05) is 6.42 Å². The van der Waals surface area contributed by atoms with E-state index in [9.17, 15) is 19.4 Å². The van der Waals surface area contributed by atoms with Crippen LogP contribution < -0.4 is 5.32 Å². The van der Waals surface area contributed by atoms with Gasteiger partial charge in [-0.1, -0.05) is 355 Å². The molecule has 0 aliphatic rings. The van der Waals surface area contributed by atoms with E-state index in [2.05, 4.69) is 104 Å². The van der Waals surface area contributed by atoms with Gasteiger partial charge >= 0.3 is 7.82 Å². The number of quaternary nitrogens is 1. The van der Waals surface area contributed by atoms with Crippen LogP contribution in [0, 0.1) is 0 Å². The highest BCUT2D eigenvalue weighted by Gasteiger charge is 2.28. The third kappa shape index (κ3) is 70.9. The molecule has 0 aliphatic carbocycles. The molecule has 0 aliphatic heterocycles. The largest absolute Gasteiger partial charge is 0.472 e. The van der Waals surface area contributed by atoms with E-state index < -0.39 is 20.0 Å². The summed E-state index contributed by atoms with van der Waals surface area (Å²) < 4.78 is 23.8. The van der Waals surface area contributed by atoms with Gasteiger partial charge in [-0.15, -0.1) is 0 Å². The number of allylic oxidation sites excluding steroid dienone is 15. The van der Waals surface area contributed by atoms with Crippen LogP contribution in [-0.4, -0.2) is 73.4 Å². The first-order valence-electron chi connectivity index (χ1n) is 37.6. The third-order valence-corrected chi connectivity index (χ3v) is 17.8. The molecule has 88 heavy (non-hydrogen) atoms. The molecule has 0 saturated heterocycles. The number of nitrogens with zero attached hydrogens (tertiary/aromatic N) is 1. The molecule has 9 heteroatoms. The quantitative estimate of drug-likeness (QED) is 0.0243. The minimum absolute atomic E-state index is 0.0550. The van der Waals surface area contributed by atoms with Crippen LogP contribution in [0.1, 0.15) is 348 Å². The van der Waals surface area contributed by atoms with Crippen LogP contribution in [0.25, 0.3) is 0 Å². The van der Waals surface area contributed by atoms with Gasteiger partial charge in [0.15, 0.2) is 0 Å². The molecule has 0 spiro atoms. The van der Waals surface area contributed by atoms with Gasteiger partial charge in [0.25, 0.3) is 0 Å². The summed E-state index contributed by atoms with van der Waals surface area (Å²) >= 11 is 0. The van der Waals surface area contributed by atoms with Gasteiger partial charge in [-0.25, -0.2) is 4.57 Å². The molecule has 0 rings (SSSR count). The standard InChI is InChI=1S/C79H145N2O6P/c1-6-8-10-12-14-16-18-20-22-24-26-28-30-32-34-35-36-37-38-39-40-41-42-43-44-45-47-49-51-53-55-57-59-61-63-65-67-69-71-73-79(83)80-77(76-87-88(84,85)86-75-74-81(3,4)5)78(82)72-70-68-66-64-62-60-58-56-54-52-50-48-46-33-31-29-27-25-23-21-19-17-15-13-11-9-7-2/h8,10,14,16,20,22,26,28,32,34,36-37,62,64,70,72,77-78,82H,6-7,9,11-13,15,17-19,21,23-25,27,29-31,33,35,38-61,63,65-69,71,73-76H2,1-5H3,(H-,80,83,84,85)/p+1/b10-8-,16-14-,22-20-,28-26-,34-32-,37-36-,64-62+,72-70+. The second kappa shape index (κ2) is 68.8. The number of phosphoric acid groups is 1. The molecule has 1 amide bonds. The molecule has 0 bridgehead atoms. The fraction of sp³-hybridized carbons (Fsp3) is 0.785. The number of phosphoric ester groups is 1. The van der Waals surface area contributed by atoms with Crippen molar-refractivity contribution < 1.29 is 32.9 Å². The highest BCUT2D eigenvalue weighted by molar-refractivity contribution is 7.47. The van der Waals surface area contributed by atoms with Crippen molar-refractivity contribution in [3.05, 3.63) is 97.2 Å². The normalized spacial score (nSPS) is 14.1. The minimum atomic E-state index is -4.37. The van der Waals surface area contributed by atoms with Crippen LogP contribution in [0.5, 0.6) is 0 Å². The predicted molar refractivity (Wildman–Crippen MR) is 387 cm³/mol. The number of likely N-dealkylation sites (N-methyl/N-ethyl adjacent to an activating group) is 1. The molecule has 3 atom stereocenters. The van der Waals surface area contributed by atoms with Gasteiger partial charge in [0.2, 0.25) is 5.91 Å². The Morgan fingerprint density at radius 3 is 1.05 bits per heavy atom. The Hall–Kier alpha value is -2.58. The smallest absolute Gasteiger partial charge is 0.387 e. The number of carbonyl (C=O) groups is 1. The number of carbonyl (C=O) groups excluding carboxylic acids is 1. The van der Waals surface area contributed by atoms with E-state index in [1.807, 2.05) is 27.2 Å². The zero-order chi connectivity index (χ0) is 64.1.